The van der Waals surface area contributed by atoms with Crippen LogP contribution in [0.1, 0.15) is 12.5 Å². The molecule has 1 unspecified atom stereocenters. The molecule has 0 heterocycles. The predicted molar refractivity (Wildman–Crippen MR) is 62.3 cm³/mol. The first-order valence-corrected chi connectivity index (χ1v) is 5.58. The van der Waals surface area contributed by atoms with Gasteiger partial charge in [0.05, 0.1) is 6.61 Å². The normalized spacial score (nSPS) is 12.8. The zero-order valence-electron chi connectivity index (χ0n) is 8.89. The van der Waals surface area contributed by atoms with Crippen LogP contribution in [0, 0.1) is 5.82 Å². The maximum atomic E-state index is 13.0. The van der Waals surface area contributed by atoms with Gasteiger partial charge in [-0.3, -0.25) is 0 Å². The highest BCUT2D eigenvalue weighted by Crippen LogP contribution is 2.14. The van der Waals surface area contributed by atoms with Crippen LogP contribution in [0.4, 0.5) is 4.39 Å². The lowest BCUT2D eigenvalue weighted by Crippen LogP contribution is -2.29. The Kier molecular flexibility index (Phi) is 5.22. The second-order valence-electron chi connectivity index (χ2n) is 3.51. The summed E-state index contributed by atoms with van der Waals surface area (Å²) in [5, 5.41) is 3.24. The van der Waals surface area contributed by atoms with Crippen molar-refractivity contribution < 1.29 is 9.13 Å². The van der Waals surface area contributed by atoms with Gasteiger partial charge in [0, 0.05) is 24.2 Å². The van der Waals surface area contributed by atoms with Gasteiger partial charge in [-0.1, -0.05) is 15.9 Å². The predicted octanol–water partition coefficient (Wildman–Crippen LogP) is 2.71. The van der Waals surface area contributed by atoms with E-state index in [0.29, 0.717) is 13.2 Å². The van der Waals surface area contributed by atoms with E-state index >= 15 is 0 Å². The number of halogens is 2. The van der Waals surface area contributed by atoms with Crippen molar-refractivity contribution in [2.75, 3.05) is 13.7 Å². The Bertz CT molecular complexity index is 299. The summed E-state index contributed by atoms with van der Waals surface area (Å²) in [6.07, 6.45) is 0. The monoisotopic (exact) mass is 275 g/mol. The second-order valence-corrected chi connectivity index (χ2v) is 4.43. The average molecular weight is 276 g/mol. The van der Waals surface area contributed by atoms with E-state index in [4.69, 9.17) is 4.74 Å². The van der Waals surface area contributed by atoms with Gasteiger partial charge in [0.25, 0.3) is 0 Å². The summed E-state index contributed by atoms with van der Waals surface area (Å²) in [4.78, 5) is 0. The van der Waals surface area contributed by atoms with E-state index in [2.05, 4.69) is 21.2 Å². The van der Waals surface area contributed by atoms with E-state index in [1.54, 1.807) is 7.11 Å². The Hall–Kier alpha value is -0.450. The lowest BCUT2D eigenvalue weighted by Gasteiger charge is -2.12. The molecule has 0 radical (unpaired) electrons. The smallest absolute Gasteiger partial charge is 0.124 e. The molecule has 0 bridgehead atoms. The molecule has 0 amide bonds. The molecule has 84 valence electrons. The Labute approximate surface area is 98.0 Å². The van der Waals surface area contributed by atoms with Crippen LogP contribution < -0.4 is 5.32 Å². The van der Waals surface area contributed by atoms with E-state index in [-0.39, 0.29) is 11.9 Å². The van der Waals surface area contributed by atoms with Crippen LogP contribution in [0.5, 0.6) is 0 Å². The van der Waals surface area contributed by atoms with E-state index in [1.807, 2.05) is 13.0 Å². The third-order valence-electron chi connectivity index (χ3n) is 1.99. The lowest BCUT2D eigenvalue weighted by molar-refractivity contribution is 0.171. The molecule has 1 N–H and O–H groups in total. The van der Waals surface area contributed by atoms with Crippen molar-refractivity contribution in [1.29, 1.82) is 0 Å². The van der Waals surface area contributed by atoms with Crippen molar-refractivity contribution in [2.45, 2.75) is 19.5 Å². The summed E-state index contributed by atoms with van der Waals surface area (Å²) in [6, 6.07) is 5.13. The molecule has 1 aromatic rings. The molecule has 0 aliphatic heterocycles. The zero-order chi connectivity index (χ0) is 11.3. The number of hydrogen-bond acceptors (Lipinski definition) is 2. The summed E-state index contributed by atoms with van der Waals surface area (Å²) >= 11 is 3.26. The molecule has 0 aromatic heterocycles. The van der Waals surface area contributed by atoms with Crippen molar-refractivity contribution in [2.24, 2.45) is 0 Å². The van der Waals surface area contributed by atoms with Gasteiger partial charge in [0.2, 0.25) is 0 Å². The zero-order valence-corrected chi connectivity index (χ0v) is 10.5. The molecule has 0 aliphatic carbocycles. The fourth-order valence-electron chi connectivity index (χ4n) is 1.31. The lowest BCUT2D eigenvalue weighted by atomic mass is 10.2. The third-order valence-corrected chi connectivity index (χ3v) is 2.45. The van der Waals surface area contributed by atoms with Crippen LogP contribution in [0.3, 0.4) is 0 Å². The quantitative estimate of drug-likeness (QED) is 0.892. The molecule has 1 rings (SSSR count). The van der Waals surface area contributed by atoms with Crippen LogP contribution in [-0.4, -0.2) is 19.8 Å². The molecular weight excluding hydrogens is 261 g/mol. The molecule has 1 atom stereocenters. The Morgan fingerprint density at radius 2 is 2.20 bits per heavy atom. The first kappa shape index (κ1) is 12.6. The standard InChI is InChI=1S/C11H15BrFNO/c1-8(7-15-2)14-6-9-3-10(12)5-11(13)4-9/h3-5,8,14H,6-7H2,1-2H3. The van der Waals surface area contributed by atoms with E-state index in [0.717, 1.165) is 10.0 Å². The van der Waals surface area contributed by atoms with Gasteiger partial charge in [0.1, 0.15) is 5.82 Å². The highest BCUT2D eigenvalue weighted by Gasteiger charge is 2.02. The molecule has 0 aliphatic rings. The Balaban J connectivity index is 2.50. The molecule has 15 heavy (non-hydrogen) atoms. The van der Waals surface area contributed by atoms with Crippen molar-refractivity contribution in [3.8, 4) is 0 Å². The van der Waals surface area contributed by atoms with Gasteiger partial charge >= 0.3 is 0 Å². The van der Waals surface area contributed by atoms with Crippen LogP contribution in [0.2, 0.25) is 0 Å². The van der Waals surface area contributed by atoms with Crippen molar-refractivity contribution in [3.05, 3.63) is 34.1 Å². The summed E-state index contributed by atoms with van der Waals surface area (Å²) in [7, 11) is 1.66. The van der Waals surface area contributed by atoms with Gasteiger partial charge in [0.15, 0.2) is 0 Å². The van der Waals surface area contributed by atoms with Crippen molar-refractivity contribution >= 4 is 15.9 Å². The summed E-state index contributed by atoms with van der Waals surface area (Å²) < 4.78 is 18.8. The minimum absolute atomic E-state index is 0.222. The number of benzene rings is 1. The third kappa shape index (κ3) is 4.73. The molecule has 0 saturated carbocycles. The topological polar surface area (TPSA) is 21.3 Å². The molecule has 0 spiro atoms. The molecule has 0 fully saturated rings. The summed E-state index contributed by atoms with van der Waals surface area (Å²) in [6.45, 7) is 3.31. The molecular formula is C11H15BrFNO. The highest BCUT2D eigenvalue weighted by molar-refractivity contribution is 9.10. The fourth-order valence-corrected chi connectivity index (χ4v) is 1.83. The van der Waals surface area contributed by atoms with Gasteiger partial charge in [-0.2, -0.15) is 0 Å². The minimum Gasteiger partial charge on any atom is -0.383 e. The Morgan fingerprint density at radius 1 is 1.47 bits per heavy atom. The number of methoxy groups -OCH3 is 1. The summed E-state index contributed by atoms with van der Waals surface area (Å²) in [5.74, 6) is -0.222. The minimum atomic E-state index is -0.222. The van der Waals surface area contributed by atoms with Crippen LogP contribution in [0.25, 0.3) is 0 Å². The fraction of sp³-hybridized carbons (Fsp3) is 0.455. The van der Waals surface area contributed by atoms with Crippen LogP contribution in [0.15, 0.2) is 22.7 Å². The SMILES string of the molecule is COCC(C)NCc1cc(F)cc(Br)c1. The van der Waals surface area contributed by atoms with Gasteiger partial charge in [-0.25, -0.2) is 4.39 Å². The number of hydrogen-bond donors (Lipinski definition) is 1. The van der Waals surface area contributed by atoms with Gasteiger partial charge in [-0.05, 0) is 30.7 Å². The Morgan fingerprint density at radius 3 is 2.80 bits per heavy atom. The molecule has 2 nitrogen and oxygen atoms in total. The van der Waals surface area contributed by atoms with Crippen molar-refractivity contribution in [1.82, 2.24) is 5.32 Å². The van der Waals surface area contributed by atoms with Gasteiger partial charge < -0.3 is 10.1 Å². The first-order chi connectivity index (χ1) is 7.11. The van der Waals surface area contributed by atoms with E-state index in [1.165, 1.54) is 12.1 Å². The van der Waals surface area contributed by atoms with Crippen LogP contribution in [-0.2, 0) is 11.3 Å². The maximum absolute atomic E-state index is 13.0. The number of nitrogens with one attached hydrogen (secondary N) is 1. The summed E-state index contributed by atoms with van der Waals surface area (Å²) in [5.41, 5.74) is 0.921. The average Bonchev–Trinajstić information content (AvgIpc) is 2.14. The second kappa shape index (κ2) is 6.20. The molecule has 0 saturated heterocycles. The van der Waals surface area contributed by atoms with Crippen molar-refractivity contribution in [3.63, 3.8) is 0 Å². The molecule has 4 heteroatoms. The highest BCUT2D eigenvalue weighted by atomic mass is 79.9. The first-order valence-electron chi connectivity index (χ1n) is 4.79. The number of ether oxygens (including phenoxy) is 1. The maximum Gasteiger partial charge on any atom is 0.124 e. The van der Waals surface area contributed by atoms with Crippen LogP contribution >= 0.6 is 15.9 Å². The largest absolute Gasteiger partial charge is 0.383 e. The van der Waals surface area contributed by atoms with E-state index in [9.17, 15) is 4.39 Å². The van der Waals surface area contributed by atoms with Gasteiger partial charge in [-0.15, -0.1) is 0 Å². The number of rotatable bonds is 5. The van der Waals surface area contributed by atoms with E-state index < -0.39 is 0 Å². The molecule has 1 aromatic carbocycles.